The van der Waals surface area contributed by atoms with Gasteiger partial charge in [0.1, 0.15) is 0 Å². The van der Waals surface area contributed by atoms with Crippen molar-refractivity contribution in [1.82, 2.24) is 14.8 Å². The van der Waals surface area contributed by atoms with Gasteiger partial charge in [0.25, 0.3) is 0 Å². The van der Waals surface area contributed by atoms with Crippen molar-refractivity contribution in [2.24, 2.45) is 7.05 Å². The second-order valence-corrected chi connectivity index (χ2v) is 7.08. The summed E-state index contributed by atoms with van der Waals surface area (Å²) in [5, 5.41) is 12.0. The number of nitrogens with one attached hydrogen (secondary N) is 1. The molecule has 0 aliphatic carbocycles. The first-order valence-electron chi connectivity index (χ1n) is 8.63. The Morgan fingerprint density at radius 1 is 1.11 bits per heavy atom. The van der Waals surface area contributed by atoms with Crippen LogP contribution in [0.5, 0.6) is 11.5 Å². The zero-order valence-electron chi connectivity index (χ0n) is 16.2. The molecule has 0 saturated heterocycles. The van der Waals surface area contributed by atoms with E-state index >= 15 is 0 Å². The van der Waals surface area contributed by atoms with Crippen molar-refractivity contribution in [3.05, 3.63) is 48.0 Å². The Hall–Kier alpha value is -3.00. The summed E-state index contributed by atoms with van der Waals surface area (Å²) in [6, 6.07) is 13.3. The van der Waals surface area contributed by atoms with Gasteiger partial charge in [-0.1, -0.05) is 35.5 Å². The molecule has 0 aliphatic rings. The van der Waals surface area contributed by atoms with Gasteiger partial charge in [-0.15, -0.1) is 10.2 Å². The van der Waals surface area contributed by atoms with Crippen molar-refractivity contribution in [3.8, 4) is 22.9 Å². The molecule has 0 aliphatic heterocycles. The normalized spacial score (nSPS) is 10.6. The number of benzene rings is 2. The Bertz CT molecular complexity index is 987. The van der Waals surface area contributed by atoms with E-state index in [1.54, 1.807) is 32.4 Å². The fourth-order valence-electron chi connectivity index (χ4n) is 2.72. The quantitative estimate of drug-likeness (QED) is 0.614. The Labute approximate surface area is 168 Å². The van der Waals surface area contributed by atoms with E-state index in [9.17, 15) is 4.79 Å². The summed E-state index contributed by atoms with van der Waals surface area (Å²) < 4.78 is 12.3. The number of thioether (sulfide) groups is 1. The molecule has 0 spiro atoms. The highest BCUT2D eigenvalue weighted by atomic mass is 32.2. The lowest BCUT2D eigenvalue weighted by Crippen LogP contribution is -2.14. The highest BCUT2D eigenvalue weighted by molar-refractivity contribution is 7.99. The lowest BCUT2D eigenvalue weighted by molar-refractivity contribution is -0.113. The molecule has 28 heavy (non-hydrogen) atoms. The maximum Gasteiger partial charge on any atom is 0.234 e. The molecule has 0 radical (unpaired) electrons. The number of methoxy groups -OCH3 is 2. The van der Waals surface area contributed by atoms with Crippen LogP contribution >= 0.6 is 11.8 Å². The third-order valence-electron chi connectivity index (χ3n) is 4.11. The Kier molecular flexibility index (Phi) is 6.20. The van der Waals surface area contributed by atoms with E-state index in [0.29, 0.717) is 22.3 Å². The first-order chi connectivity index (χ1) is 13.5. The van der Waals surface area contributed by atoms with Gasteiger partial charge in [-0.2, -0.15) is 0 Å². The van der Waals surface area contributed by atoms with Gasteiger partial charge in [-0.05, 0) is 25.1 Å². The first kappa shape index (κ1) is 19.8. The van der Waals surface area contributed by atoms with Crippen LogP contribution in [0.2, 0.25) is 0 Å². The summed E-state index contributed by atoms with van der Waals surface area (Å²) >= 11 is 1.33. The summed E-state index contributed by atoms with van der Waals surface area (Å²) in [6.45, 7) is 2.04. The molecule has 1 aromatic heterocycles. The van der Waals surface area contributed by atoms with Crippen LogP contribution in [0.1, 0.15) is 5.56 Å². The first-order valence-corrected chi connectivity index (χ1v) is 9.61. The predicted octanol–water partition coefficient (Wildman–Crippen LogP) is 3.54. The number of ether oxygens (including phenoxy) is 2. The van der Waals surface area contributed by atoms with Crippen LogP contribution < -0.4 is 14.8 Å². The number of carbonyl (C=O) groups excluding carboxylic acids is 1. The molecular weight excluding hydrogens is 376 g/mol. The molecule has 1 N–H and O–H groups in total. The molecule has 0 unspecified atom stereocenters. The van der Waals surface area contributed by atoms with Crippen molar-refractivity contribution in [2.45, 2.75) is 12.1 Å². The van der Waals surface area contributed by atoms with E-state index in [1.807, 2.05) is 36.7 Å². The molecule has 2 aromatic carbocycles. The average molecular weight is 398 g/mol. The molecule has 7 nitrogen and oxygen atoms in total. The maximum atomic E-state index is 12.3. The van der Waals surface area contributed by atoms with Crippen molar-refractivity contribution in [3.63, 3.8) is 0 Å². The number of aromatic nitrogens is 3. The molecule has 146 valence electrons. The maximum absolute atomic E-state index is 12.3. The van der Waals surface area contributed by atoms with E-state index < -0.39 is 0 Å². The molecule has 0 bridgehead atoms. The van der Waals surface area contributed by atoms with Gasteiger partial charge in [0.05, 0.1) is 20.0 Å². The van der Waals surface area contributed by atoms with Crippen LogP contribution in [-0.2, 0) is 11.8 Å². The van der Waals surface area contributed by atoms with Crippen molar-refractivity contribution in [1.29, 1.82) is 0 Å². The monoisotopic (exact) mass is 398 g/mol. The minimum atomic E-state index is -0.141. The van der Waals surface area contributed by atoms with Gasteiger partial charge in [0.2, 0.25) is 5.91 Å². The number of anilines is 1. The number of nitrogens with zero attached hydrogens (tertiary/aromatic N) is 3. The fourth-order valence-corrected chi connectivity index (χ4v) is 3.43. The standard InChI is InChI=1S/C20H22N4O3S/c1-13-6-5-7-14(10-13)19-22-23-20(24(19)2)28-12-18(25)21-15-8-9-16(26-3)17(11-15)27-4/h5-11H,12H2,1-4H3,(H,21,25). The van der Waals surface area contributed by atoms with Crippen LogP contribution in [-0.4, -0.2) is 40.6 Å². The number of rotatable bonds is 7. The Balaban J connectivity index is 1.64. The van der Waals surface area contributed by atoms with Crippen LogP contribution in [0.25, 0.3) is 11.4 Å². The molecule has 0 saturated carbocycles. The minimum absolute atomic E-state index is 0.141. The van der Waals surface area contributed by atoms with E-state index in [1.165, 1.54) is 11.8 Å². The van der Waals surface area contributed by atoms with E-state index in [0.717, 1.165) is 17.0 Å². The second kappa shape index (κ2) is 8.79. The van der Waals surface area contributed by atoms with Crippen molar-refractivity contribution < 1.29 is 14.3 Å². The molecule has 3 aromatic rings. The number of carbonyl (C=O) groups is 1. The number of amides is 1. The molecule has 0 atom stereocenters. The van der Waals surface area contributed by atoms with Crippen LogP contribution in [0.3, 0.4) is 0 Å². The third kappa shape index (κ3) is 4.45. The topological polar surface area (TPSA) is 78.3 Å². The van der Waals surface area contributed by atoms with Gasteiger partial charge in [0, 0.05) is 24.4 Å². The highest BCUT2D eigenvalue weighted by Gasteiger charge is 2.14. The highest BCUT2D eigenvalue weighted by Crippen LogP contribution is 2.30. The lowest BCUT2D eigenvalue weighted by Gasteiger charge is -2.10. The average Bonchev–Trinajstić information content (AvgIpc) is 3.06. The SMILES string of the molecule is COc1ccc(NC(=O)CSc2nnc(-c3cccc(C)c3)n2C)cc1OC. The molecule has 8 heteroatoms. The summed E-state index contributed by atoms with van der Waals surface area (Å²) in [5.74, 6) is 2.01. The zero-order valence-corrected chi connectivity index (χ0v) is 17.0. The Morgan fingerprint density at radius 3 is 2.61 bits per heavy atom. The summed E-state index contributed by atoms with van der Waals surface area (Å²) in [4.78, 5) is 12.3. The van der Waals surface area contributed by atoms with Crippen LogP contribution in [0.15, 0.2) is 47.6 Å². The fraction of sp³-hybridized carbons (Fsp3) is 0.250. The molecule has 3 rings (SSSR count). The molecule has 0 fully saturated rings. The number of hydrogen-bond acceptors (Lipinski definition) is 6. The molecular formula is C20H22N4O3S. The van der Waals surface area contributed by atoms with Gasteiger partial charge in [0.15, 0.2) is 22.5 Å². The van der Waals surface area contributed by atoms with E-state index in [4.69, 9.17) is 9.47 Å². The van der Waals surface area contributed by atoms with E-state index in [-0.39, 0.29) is 11.7 Å². The summed E-state index contributed by atoms with van der Waals surface area (Å²) in [5.41, 5.74) is 2.79. The Morgan fingerprint density at radius 2 is 1.89 bits per heavy atom. The predicted molar refractivity (Wildman–Crippen MR) is 110 cm³/mol. The smallest absolute Gasteiger partial charge is 0.234 e. The minimum Gasteiger partial charge on any atom is -0.493 e. The third-order valence-corrected chi connectivity index (χ3v) is 5.13. The molecule has 1 heterocycles. The zero-order chi connectivity index (χ0) is 20.1. The van der Waals surface area contributed by atoms with E-state index in [2.05, 4.69) is 21.6 Å². The van der Waals surface area contributed by atoms with Crippen LogP contribution in [0, 0.1) is 6.92 Å². The van der Waals surface area contributed by atoms with Crippen molar-refractivity contribution in [2.75, 3.05) is 25.3 Å². The van der Waals surface area contributed by atoms with Gasteiger partial charge < -0.3 is 19.4 Å². The number of aryl methyl sites for hydroxylation is 1. The second-order valence-electron chi connectivity index (χ2n) is 6.14. The van der Waals surface area contributed by atoms with Gasteiger partial charge >= 0.3 is 0 Å². The summed E-state index contributed by atoms with van der Waals surface area (Å²) in [6.07, 6.45) is 0. The van der Waals surface area contributed by atoms with Gasteiger partial charge in [-0.25, -0.2) is 0 Å². The van der Waals surface area contributed by atoms with Crippen LogP contribution in [0.4, 0.5) is 5.69 Å². The largest absolute Gasteiger partial charge is 0.493 e. The number of hydrogen-bond donors (Lipinski definition) is 1. The molecule has 1 amide bonds. The summed E-state index contributed by atoms with van der Waals surface area (Å²) in [7, 11) is 5.02. The lowest BCUT2D eigenvalue weighted by atomic mass is 10.1. The van der Waals surface area contributed by atoms with Gasteiger partial charge in [-0.3, -0.25) is 4.79 Å². The van der Waals surface area contributed by atoms with Crippen molar-refractivity contribution >= 4 is 23.4 Å².